The Morgan fingerprint density at radius 3 is 1.63 bits per heavy atom. The fraction of sp³-hybridized carbons (Fsp3) is 0.0526. The minimum absolute atomic E-state index is 0.0852. The van der Waals surface area contributed by atoms with Crippen LogP contribution >= 0.6 is 46.4 Å². The molecule has 262 valence electrons. The zero-order chi connectivity index (χ0) is 38.0. The fourth-order valence-corrected chi connectivity index (χ4v) is 6.99. The van der Waals surface area contributed by atoms with Gasteiger partial charge in [-0.05, 0) is 91.2 Å². The van der Waals surface area contributed by atoms with Gasteiger partial charge in [-0.15, -0.1) is 20.5 Å². The smallest absolute Gasteiger partial charge is 0.234 e. The number of benzene rings is 4. The molecule has 12 nitrogen and oxygen atoms in total. The van der Waals surface area contributed by atoms with Crippen LogP contribution in [0.4, 0.5) is 28.4 Å². The largest absolute Gasteiger partial charge is 0.493 e. The third kappa shape index (κ3) is 5.61. The lowest BCUT2D eigenvalue weighted by Crippen LogP contribution is -1.95. The molecule has 2 N–H and O–H groups in total. The highest BCUT2D eigenvalue weighted by Gasteiger charge is 2.23. The lowest BCUT2D eigenvalue weighted by Gasteiger charge is -2.10. The highest BCUT2D eigenvalue weighted by molar-refractivity contribution is 6.34. The first-order valence-corrected chi connectivity index (χ1v) is 17.4. The van der Waals surface area contributed by atoms with Gasteiger partial charge in [-0.25, -0.2) is 14.8 Å². The van der Waals surface area contributed by atoms with Crippen molar-refractivity contribution in [2.45, 2.75) is 13.8 Å². The summed E-state index contributed by atoms with van der Waals surface area (Å²) in [5, 5.41) is 51.2. The molecule has 0 radical (unpaired) electrons. The van der Waals surface area contributed by atoms with Gasteiger partial charge in [-0.2, -0.15) is 5.26 Å². The maximum absolute atomic E-state index is 11.3. The highest BCUT2D eigenvalue weighted by Crippen LogP contribution is 2.44. The molecule has 8 rings (SSSR count). The molecule has 8 aromatic rings. The molecular formula is C38H20Cl4N10O2. The number of fused-ring (bicyclic) bond motifs is 6. The van der Waals surface area contributed by atoms with E-state index in [4.69, 9.17) is 53.0 Å². The van der Waals surface area contributed by atoms with Gasteiger partial charge in [-0.1, -0.05) is 58.5 Å². The average Bonchev–Trinajstić information content (AvgIpc) is 3.71. The Labute approximate surface area is 325 Å². The van der Waals surface area contributed by atoms with E-state index < -0.39 is 0 Å². The normalized spacial score (nSPS) is 11.9. The molecule has 0 saturated heterocycles. The molecule has 0 fully saturated rings. The van der Waals surface area contributed by atoms with Crippen LogP contribution in [-0.4, -0.2) is 29.0 Å². The van der Waals surface area contributed by atoms with Crippen molar-refractivity contribution < 1.29 is 10.2 Å². The van der Waals surface area contributed by atoms with Gasteiger partial charge in [-0.3, -0.25) is 8.80 Å². The number of rotatable bonds is 5. The van der Waals surface area contributed by atoms with E-state index in [1.54, 1.807) is 86.6 Å². The summed E-state index contributed by atoms with van der Waals surface area (Å²) in [4.78, 5) is 12.7. The number of nitriles is 1. The van der Waals surface area contributed by atoms with Gasteiger partial charge >= 0.3 is 0 Å². The van der Waals surface area contributed by atoms with Gasteiger partial charge in [0.2, 0.25) is 17.4 Å². The van der Waals surface area contributed by atoms with E-state index in [0.717, 1.165) is 0 Å². The van der Waals surface area contributed by atoms with Gasteiger partial charge in [0.05, 0.1) is 38.7 Å². The number of imidazole rings is 2. The number of aromatic hydroxyl groups is 2. The maximum atomic E-state index is 11.3. The maximum Gasteiger partial charge on any atom is 0.234 e. The standard InChI is InChI=1S/C38H20Cl4N10O2/c1-17-23(16-43)35-45-28-14-21(39)6-10-30(28)51(35)37(53)33(17)49-47-26-8-4-19(12-24(26)41)20-5-9-27(25(42)13-20)48-50-34-18(2)32(44-3)36-46-29-15-22(40)7-11-31(29)52(36)38(34)54/h4-15,53-54H,1-2H3. The topological polar surface area (TPSA) is 153 Å². The first-order chi connectivity index (χ1) is 26.0. The summed E-state index contributed by atoms with van der Waals surface area (Å²) in [5.41, 5.74) is 6.17. The Kier molecular flexibility index (Phi) is 8.56. The van der Waals surface area contributed by atoms with Crippen LogP contribution < -0.4 is 0 Å². The second kappa shape index (κ2) is 13.3. The molecule has 0 aliphatic rings. The van der Waals surface area contributed by atoms with Crippen LogP contribution in [0, 0.1) is 31.8 Å². The molecule has 0 spiro atoms. The number of azo groups is 2. The Morgan fingerprint density at radius 2 is 1.15 bits per heavy atom. The van der Waals surface area contributed by atoms with Crippen LogP contribution in [0.5, 0.6) is 11.8 Å². The molecule has 0 aliphatic carbocycles. The molecule has 0 saturated carbocycles. The molecule has 0 aliphatic heterocycles. The summed E-state index contributed by atoms with van der Waals surface area (Å²) < 4.78 is 2.89. The number of halogens is 4. The minimum atomic E-state index is -0.243. The zero-order valence-corrected chi connectivity index (χ0v) is 30.8. The average molecular weight is 790 g/mol. The van der Waals surface area contributed by atoms with Crippen molar-refractivity contribution in [1.82, 2.24) is 18.8 Å². The van der Waals surface area contributed by atoms with Crippen molar-refractivity contribution in [3.05, 3.63) is 121 Å². The molecule has 4 aromatic heterocycles. The first kappa shape index (κ1) is 34.8. The molecule has 16 heteroatoms. The molecular weight excluding hydrogens is 770 g/mol. The van der Waals surface area contributed by atoms with Crippen molar-refractivity contribution in [2.24, 2.45) is 20.5 Å². The van der Waals surface area contributed by atoms with Gasteiger partial charge < -0.3 is 10.2 Å². The predicted octanol–water partition coefficient (Wildman–Crippen LogP) is 12.9. The van der Waals surface area contributed by atoms with Crippen molar-refractivity contribution in [1.29, 1.82) is 5.26 Å². The van der Waals surface area contributed by atoms with Crippen molar-refractivity contribution in [3.8, 4) is 29.0 Å². The summed E-state index contributed by atoms with van der Waals surface area (Å²) in [6.07, 6.45) is 0. The van der Waals surface area contributed by atoms with Gasteiger partial charge in [0.15, 0.2) is 11.3 Å². The number of hydrogen-bond acceptors (Lipinski definition) is 9. The summed E-state index contributed by atoms with van der Waals surface area (Å²) in [6, 6.07) is 22.5. The zero-order valence-electron chi connectivity index (χ0n) is 27.8. The Balaban J connectivity index is 1.09. The minimum Gasteiger partial charge on any atom is -0.493 e. The summed E-state index contributed by atoms with van der Waals surface area (Å²) in [7, 11) is 0. The Hall–Kier alpha value is -6.28. The van der Waals surface area contributed by atoms with Crippen LogP contribution in [0.3, 0.4) is 0 Å². The van der Waals surface area contributed by atoms with E-state index in [0.29, 0.717) is 65.7 Å². The molecule has 54 heavy (non-hydrogen) atoms. The quantitative estimate of drug-likeness (QED) is 0.131. The van der Waals surface area contributed by atoms with Crippen molar-refractivity contribution in [3.63, 3.8) is 0 Å². The van der Waals surface area contributed by atoms with Crippen LogP contribution in [0.1, 0.15) is 16.7 Å². The van der Waals surface area contributed by atoms with E-state index in [2.05, 4.69) is 41.3 Å². The van der Waals surface area contributed by atoms with E-state index in [-0.39, 0.29) is 55.7 Å². The van der Waals surface area contributed by atoms with Gasteiger partial charge in [0, 0.05) is 15.6 Å². The Bertz CT molecular complexity index is 2880. The second-order valence-corrected chi connectivity index (χ2v) is 13.8. The van der Waals surface area contributed by atoms with Crippen LogP contribution in [0.25, 0.3) is 49.3 Å². The summed E-state index contributed by atoms with van der Waals surface area (Å²) in [5.74, 6) is -0.479. The van der Waals surface area contributed by atoms with Gasteiger partial charge in [0.25, 0.3) is 0 Å². The van der Waals surface area contributed by atoms with Crippen LogP contribution in [-0.2, 0) is 0 Å². The monoisotopic (exact) mass is 788 g/mol. The highest BCUT2D eigenvalue weighted by atomic mass is 35.5. The number of pyridine rings is 2. The predicted molar refractivity (Wildman–Crippen MR) is 209 cm³/mol. The number of nitrogens with zero attached hydrogens (tertiary/aromatic N) is 10. The molecule has 4 heterocycles. The molecule has 0 bridgehead atoms. The second-order valence-electron chi connectivity index (χ2n) is 12.1. The molecule has 0 atom stereocenters. The SMILES string of the molecule is [C-]#[N+]c1c(C)c(N=Nc2ccc(-c3ccc(N=Nc4c(C)c(C#N)c5nc6cc(Cl)ccc6n5c4O)c(Cl)c3)cc2Cl)c(O)n2c1nc1cc(Cl)ccc12. The lowest BCUT2D eigenvalue weighted by atomic mass is 10.1. The molecule has 4 aromatic carbocycles. The van der Waals surface area contributed by atoms with Crippen molar-refractivity contribution >= 4 is 108 Å². The molecule has 0 amide bonds. The summed E-state index contributed by atoms with van der Waals surface area (Å²) in [6.45, 7) is 11.1. The van der Waals surface area contributed by atoms with E-state index >= 15 is 0 Å². The van der Waals surface area contributed by atoms with Crippen LogP contribution in [0.15, 0.2) is 93.3 Å². The van der Waals surface area contributed by atoms with Gasteiger partial charge in [0.1, 0.15) is 34.3 Å². The van der Waals surface area contributed by atoms with E-state index in [1.165, 1.54) is 8.80 Å². The lowest BCUT2D eigenvalue weighted by molar-refractivity contribution is 0.448. The first-order valence-electron chi connectivity index (χ1n) is 15.9. The Morgan fingerprint density at radius 1 is 0.667 bits per heavy atom. The fourth-order valence-electron chi connectivity index (χ4n) is 6.23. The van der Waals surface area contributed by atoms with Crippen LogP contribution in [0.2, 0.25) is 20.1 Å². The van der Waals surface area contributed by atoms with E-state index in [9.17, 15) is 15.5 Å². The third-order valence-corrected chi connectivity index (χ3v) is 10.00. The molecule has 0 unspecified atom stereocenters. The number of aromatic nitrogens is 4. The van der Waals surface area contributed by atoms with E-state index in [1.807, 2.05) is 0 Å². The third-order valence-electron chi connectivity index (χ3n) is 8.92. The number of hydrogen-bond donors (Lipinski definition) is 2. The summed E-state index contributed by atoms with van der Waals surface area (Å²) >= 11 is 25.6. The van der Waals surface area contributed by atoms with Crippen molar-refractivity contribution in [2.75, 3.05) is 0 Å².